The Hall–Kier alpha value is -4.12. The first-order chi connectivity index (χ1) is 24.6. The molecular formula is C42H56N4O5S. The van der Waals surface area contributed by atoms with Crippen LogP contribution in [0.2, 0.25) is 0 Å². The largest absolute Gasteiger partial charge is 0.494 e. The second-order valence-electron chi connectivity index (χ2n) is 15.3. The maximum Gasteiger partial charge on any atom is 0.323 e. The van der Waals surface area contributed by atoms with Crippen LogP contribution in [0.1, 0.15) is 108 Å². The van der Waals surface area contributed by atoms with Crippen molar-refractivity contribution in [2.24, 2.45) is 0 Å². The van der Waals surface area contributed by atoms with Crippen LogP contribution in [0.3, 0.4) is 0 Å². The minimum Gasteiger partial charge on any atom is -0.494 e. The molecule has 3 atom stereocenters. The van der Waals surface area contributed by atoms with Gasteiger partial charge in [-0.05, 0) is 81.3 Å². The van der Waals surface area contributed by atoms with Crippen molar-refractivity contribution >= 4 is 23.2 Å². The van der Waals surface area contributed by atoms with Crippen LogP contribution < -0.4 is 15.4 Å². The number of aromatic nitrogens is 2. The molecule has 2 aromatic carbocycles. The highest BCUT2D eigenvalue weighted by Gasteiger charge is 2.29. The van der Waals surface area contributed by atoms with Crippen LogP contribution >= 0.6 is 11.3 Å². The molecule has 1 amide bonds. The second-order valence-corrected chi connectivity index (χ2v) is 16.4. The van der Waals surface area contributed by atoms with Crippen LogP contribution in [-0.2, 0) is 21.4 Å². The molecule has 4 aromatic rings. The van der Waals surface area contributed by atoms with E-state index in [9.17, 15) is 14.7 Å². The van der Waals surface area contributed by atoms with Crippen molar-refractivity contribution in [1.82, 2.24) is 20.6 Å². The number of esters is 1. The molecule has 0 fully saturated rings. The van der Waals surface area contributed by atoms with Crippen LogP contribution in [0.5, 0.6) is 5.75 Å². The Morgan fingerprint density at radius 3 is 2.06 bits per heavy atom. The third-order valence-corrected chi connectivity index (χ3v) is 9.98. The third kappa shape index (κ3) is 12.5. The number of benzene rings is 2. The molecule has 0 saturated heterocycles. The molecule has 3 N–H and O–H groups in total. The summed E-state index contributed by atoms with van der Waals surface area (Å²) in [6.07, 6.45) is 8.73. The normalized spacial score (nSPS) is 13.6. The highest BCUT2D eigenvalue weighted by atomic mass is 32.1. The van der Waals surface area contributed by atoms with Crippen molar-refractivity contribution < 1.29 is 24.2 Å². The molecule has 2 heterocycles. The first-order valence-electron chi connectivity index (χ1n) is 18.4. The number of nitrogens with one attached hydrogen (secondary N) is 2. The number of carbonyl (C=O) groups is 2. The summed E-state index contributed by atoms with van der Waals surface area (Å²) in [4.78, 5) is 37.0. The Kier molecular flexibility index (Phi) is 14.5. The number of hydrogen-bond donors (Lipinski definition) is 3. The van der Waals surface area contributed by atoms with Gasteiger partial charge in [0, 0.05) is 28.4 Å². The molecular weight excluding hydrogens is 673 g/mol. The average Bonchev–Trinajstić information content (AvgIpc) is 3.61. The van der Waals surface area contributed by atoms with E-state index in [2.05, 4.69) is 48.3 Å². The van der Waals surface area contributed by atoms with Crippen molar-refractivity contribution in [2.45, 2.75) is 123 Å². The fourth-order valence-corrected chi connectivity index (χ4v) is 6.45. The molecule has 9 nitrogen and oxygen atoms in total. The predicted octanol–water partition coefficient (Wildman–Crippen LogP) is 8.50. The molecule has 280 valence electrons. The summed E-state index contributed by atoms with van der Waals surface area (Å²) >= 11 is 1.43. The molecule has 10 heteroatoms. The summed E-state index contributed by atoms with van der Waals surface area (Å²) in [5, 5.41) is 17.2. The smallest absolute Gasteiger partial charge is 0.323 e. The first-order valence-corrected chi connectivity index (χ1v) is 19.2. The molecule has 0 aliphatic heterocycles. The van der Waals surface area contributed by atoms with Gasteiger partial charge in [0.1, 0.15) is 23.6 Å². The van der Waals surface area contributed by atoms with E-state index in [1.165, 1.54) is 37.0 Å². The molecule has 52 heavy (non-hydrogen) atoms. The van der Waals surface area contributed by atoms with Gasteiger partial charge in [-0.1, -0.05) is 89.8 Å². The predicted molar refractivity (Wildman–Crippen MR) is 210 cm³/mol. The Morgan fingerprint density at radius 1 is 0.827 bits per heavy atom. The number of nitrogens with zero attached hydrogens (tertiary/aromatic N) is 2. The number of thiophene rings is 1. The molecule has 0 saturated carbocycles. The Morgan fingerprint density at radius 2 is 1.46 bits per heavy atom. The lowest BCUT2D eigenvalue weighted by Crippen LogP contribution is -2.55. The van der Waals surface area contributed by atoms with Gasteiger partial charge >= 0.3 is 5.97 Å². The fraction of sp³-hybridized carbons (Fsp3) is 0.476. The van der Waals surface area contributed by atoms with E-state index in [1.54, 1.807) is 27.7 Å². The van der Waals surface area contributed by atoms with Crippen LogP contribution in [0.25, 0.3) is 22.5 Å². The van der Waals surface area contributed by atoms with E-state index in [4.69, 9.17) is 9.47 Å². The number of amides is 1. The zero-order valence-electron chi connectivity index (χ0n) is 32.0. The number of carbonyl (C=O) groups excluding carboxylic acids is 2. The molecule has 2 aromatic heterocycles. The molecule has 0 aliphatic carbocycles. The summed E-state index contributed by atoms with van der Waals surface area (Å²) in [7, 11) is 0. The number of hydrogen-bond acceptors (Lipinski definition) is 9. The van der Waals surface area contributed by atoms with Crippen molar-refractivity contribution in [2.75, 3.05) is 6.61 Å². The lowest BCUT2D eigenvalue weighted by atomic mass is 9.95. The maximum atomic E-state index is 13.4. The van der Waals surface area contributed by atoms with E-state index in [1.807, 2.05) is 73.1 Å². The van der Waals surface area contributed by atoms with Crippen LogP contribution in [0, 0.1) is 0 Å². The molecule has 0 spiro atoms. The summed E-state index contributed by atoms with van der Waals surface area (Å²) in [5.74, 6) is 0.667. The highest BCUT2D eigenvalue weighted by Crippen LogP contribution is 2.30. The van der Waals surface area contributed by atoms with Gasteiger partial charge in [-0.15, -0.1) is 11.3 Å². The standard InChI is InChI=1S/C42H56N4O5S/c1-9-10-11-12-13-24-50-33-20-18-30(19-21-33)32-26-43-37(44-27-32)31-16-14-29(15-17-31)25-34(38(47)45-28(2)40(49)51-42(6,7)8)46-39(48)35-22-23-36(52-35)41(3,4)5/h14-23,26-28,34,38,45,47H,9-13,24-25H2,1-8H3,(H,46,48)/t28-,34+,38?/m1/s1. The van der Waals surface area contributed by atoms with Gasteiger partial charge in [-0.25, -0.2) is 9.97 Å². The van der Waals surface area contributed by atoms with E-state index in [-0.39, 0.29) is 11.3 Å². The van der Waals surface area contributed by atoms with Gasteiger partial charge < -0.3 is 19.9 Å². The summed E-state index contributed by atoms with van der Waals surface area (Å²) < 4.78 is 11.4. The lowest BCUT2D eigenvalue weighted by Gasteiger charge is -2.28. The molecule has 0 bridgehead atoms. The van der Waals surface area contributed by atoms with Crippen molar-refractivity contribution in [3.63, 3.8) is 0 Å². The third-order valence-electron chi connectivity index (χ3n) is 8.47. The second kappa shape index (κ2) is 18.6. The zero-order chi connectivity index (χ0) is 37.9. The number of rotatable bonds is 17. The Balaban J connectivity index is 1.42. The van der Waals surface area contributed by atoms with Gasteiger partial charge in [0.05, 0.1) is 17.5 Å². The Labute approximate surface area is 313 Å². The quantitative estimate of drug-likeness (QED) is 0.0562. The SMILES string of the molecule is CCCCCCCOc1ccc(-c2cnc(-c3ccc(C[C@H](NC(=O)c4ccc(C(C)(C)C)s4)C(O)N[C@H](C)C(=O)OC(C)(C)C)cc3)nc2)cc1. The van der Waals surface area contributed by atoms with Gasteiger partial charge in [0.2, 0.25) is 0 Å². The maximum absolute atomic E-state index is 13.4. The Bertz CT molecular complexity index is 1710. The van der Waals surface area contributed by atoms with E-state index >= 15 is 0 Å². The number of aliphatic hydroxyl groups is 1. The monoisotopic (exact) mass is 728 g/mol. The minimum atomic E-state index is -1.24. The van der Waals surface area contributed by atoms with E-state index in [0.29, 0.717) is 17.1 Å². The fourth-order valence-electron chi connectivity index (χ4n) is 5.48. The van der Waals surface area contributed by atoms with Crippen molar-refractivity contribution in [1.29, 1.82) is 0 Å². The minimum absolute atomic E-state index is 0.0912. The van der Waals surface area contributed by atoms with E-state index < -0.39 is 29.9 Å². The highest BCUT2D eigenvalue weighted by molar-refractivity contribution is 7.14. The van der Waals surface area contributed by atoms with Gasteiger partial charge in [0.15, 0.2) is 5.82 Å². The summed E-state index contributed by atoms with van der Waals surface area (Å²) in [5.41, 5.74) is 2.87. The van der Waals surface area contributed by atoms with E-state index in [0.717, 1.165) is 45.9 Å². The topological polar surface area (TPSA) is 123 Å². The van der Waals surface area contributed by atoms with Crippen molar-refractivity contribution in [3.05, 3.63) is 88.4 Å². The average molecular weight is 729 g/mol. The number of unbranched alkanes of at least 4 members (excludes halogenated alkanes) is 4. The summed E-state index contributed by atoms with van der Waals surface area (Å²) in [6, 6.07) is 17.9. The molecule has 1 unspecified atom stereocenters. The van der Waals surface area contributed by atoms with Crippen LogP contribution in [-0.4, -0.2) is 57.5 Å². The molecule has 4 rings (SSSR count). The van der Waals surface area contributed by atoms with Crippen LogP contribution in [0.4, 0.5) is 0 Å². The van der Waals surface area contributed by atoms with Crippen LogP contribution in [0.15, 0.2) is 73.1 Å². The van der Waals surface area contributed by atoms with Gasteiger partial charge in [-0.2, -0.15) is 0 Å². The van der Waals surface area contributed by atoms with Gasteiger partial charge in [-0.3, -0.25) is 14.9 Å². The molecule has 0 aliphatic rings. The van der Waals surface area contributed by atoms with Crippen molar-refractivity contribution in [3.8, 4) is 28.3 Å². The summed E-state index contributed by atoms with van der Waals surface area (Å²) in [6.45, 7) is 16.3. The zero-order valence-corrected chi connectivity index (χ0v) is 32.8. The van der Waals surface area contributed by atoms with Gasteiger partial charge in [0.25, 0.3) is 5.91 Å². The molecule has 0 radical (unpaired) electrons. The first kappa shape index (κ1) is 40.6. The lowest BCUT2D eigenvalue weighted by molar-refractivity contribution is -0.158. The number of aliphatic hydroxyl groups excluding tert-OH is 1. The number of ether oxygens (including phenoxy) is 2.